The molecule has 2 amide bonds. The van der Waals surface area contributed by atoms with Gasteiger partial charge in [-0.25, -0.2) is 0 Å². The standard InChI is InChI=1S/C13H14N2O2S2/c1-8-3-5-10(6-4-8)14-11(16)7-15-12(17)9(2)19-13(15)18/h3-6,9H,7H2,1-2H3,(H,14,16). The fourth-order valence-corrected chi connectivity index (χ4v) is 3.10. The first kappa shape index (κ1) is 14.0. The van der Waals surface area contributed by atoms with Crippen LogP contribution in [0.1, 0.15) is 12.5 Å². The number of carbonyl (C=O) groups is 2. The minimum atomic E-state index is -0.241. The lowest BCUT2D eigenvalue weighted by molar-refractivity contribution is -0.129. The molecule has 1 unspecified atom stereocenters. The first-order valence-electron chi connectivity index (χ1n) is 5.86. The fourth-order valence-electron chi connectivity index (χ4n) is 1.70. The Kier molecular flexibility index (Phi) is 4.21. The third-order valence-electron chi connectivity index (χ3n) is 2.75. The molecular weight excluding hydrogens is 280 g/mol. The maximum atomic E-state index is 11.9. The maximum Gasteiger partial charge on any atom is 0.244 e. The molecule has 1 heterocycles. The lowest BCUT2D eigenvalue weighted by atomic mass is 10.2. The van der Waals surface area contributed by atoms with E-state index in [0.717, 1.165) is 5.56 Å². The van der Waals surface area contributed by atoms with Crippen molar-refractivity contribution in [2.24, 2.45) is 0 Å². The van der Waals surface area contributed by atoms with Crippen molar-refractivity contribution in [3.05, 3.63) is 29.8 Å². The molecule has 0 radical (unpaired) electrons. The summed E-state index contributed by atoms with van der Waals surface area (Å²) in [7, 11) is 0. The van der Waals surface area contributed by atoms with E-state index in [1.807, 2.05) is 31.2 Å². The molecule has 6 heteroatoms. The van der Waals surface area contributed by atoms with Crippen LogP contribution in [-0.4, -0.2) is 32.8 Å². The van der Waals surface area contributed by atoms with Crippen LogP contribution in [-0.2, 0) is 9.59 Å². The molecule has 0 bridgehead atoms. The van der Waals surface area contributed by atoms with Gasteiger partial charge in [0.25, 0.3) is 0 Å². The average molecular weight is 294 g/mol. The van der Waals surface area contributed by atoms with E-state index in [0.29, 0.717) is 10.0 Å². The van der Waals surface area contributed by atoms with E-state index in [1.165, 1.54) is 16.7 Å². The molecule has 0 aliphatic carbocycles. The van der Waals surface area contributed by atoms with Gasteiger partial charge in [0.2, 0.25) is 11.8 Å². The second-order valence-corrected chi connectivity index (χ2v) is 6.34. The highest BCUT2D eigenvalue weighted by molar-refractivity contribution is 8.24. The number of benzene rings is 1. The molecule has 1 aromatic carbocycles. The lowest BCUT2D eigenvalue weighted by Gasteiger charge is -2.14. The molecule has 0 saturated carbocycles. The molecule has 0 aromatic heterocycles. The van der Waals surface area contributed by atoms with Gasteiger partial charge in [0.15, 0.2) is 0 Å². The van der Waals surface area contributed by atoms with Crippen molar-refractivity contribution in [3.63, 3.8) is 0 Å². The van der Waals surface area contributed by atoms with E-state index in [-0.39, 0.29) is 23.6 Å². The van der Waals surface area contributed by atoms with Crippen LogP contribution in [0.2, 0.25) is 0 Å². The van der Waals surface area contributed by atoms with Crippen LogP contribution in [0.5, 0.6) is 0 Å². The van der Waals surface area contributed by atoms with Crippen LogP contribution in [0.3, 0.4) is 0 Å². The Bertz CT molecular complexity index is 528. The molecule has 1 atom stereocenters. The number of hydrogen-bond donors (Lipinski definition) is 1. The van der Waals surface area contributed by atoms with Gasteiger partial charge < -0.3 is 5.32 Å². The van der Waals surface area contributed by atoms with Crippen molar-refractivity contribution in [2.75, 3.05) is 11.9 Å². The van der Waals surface area contributed by atoms with E-state index in [1.54, 1.807) is 6.92 Å². The predicted molar refractivity (Wildman–Crippen MR) is 81.2 cm³/mol. The third-order valence-corrected chi connectivity index (χ3v) is 4.24. The number of nitrogens with one attached hydrogen (secondary N) is 1. The van der Waals surface area contributed by atoms with Crippen LogP contribution in [0, 0.1) is 6.92 Å². The maximum absolute atomic E-state index is 11.9. The first-order valence-corrected chi connectivity index (χ1v) is 7.14. The molecule has 1 saturated heterocycles. The monoisotopic (exact) mass is 294 g/mol. The van der Waals surface area contributed by atoms with E-state index in [9.17, 15) is 9.59 Å². The zero-order valence-electron chi connectivity index (χ0n) is 10.7. The number of amides is 2. The van der Waals surface area contributed by atoms with Crippen molar-refractivity contribution < 1.29 is 9.59 Å². The van der Waals surface area contributed by atoms with Gasteiger partial charge in [-0.3, -0.25) is 14.5 Å². The Labute approximate surface area is 121 Å². The van der Waals surface area contributed by atoms with Gasteiger partial charge in [-0.05, 0) is 26.0 Å². The minimum absolute atomic E-state index is 0.0249. The summed E-state index contributed by atoms with van der Waals surface area (Å²) in [5, 5.41) is 2.56. The van der Waals surface area contributed by atoms with Gasteiger partial charge in [0, 0.05) is 5.69 Å². The van der Waals surface area contributed by atoms with E-state index in [4.69, 9.17) is 12.2 Å². The quantitative estimate of drug-likeness (QED) is 0.868. The normalized spacial score (nSPS) is 18.8. The second-order valence-electron chi connectivity index (χ2n) is 4.36. The summed E-state index contributed by atoms with van der Waals surface area (Å²) in [4.78, 5) is 25.0. The summed E-state index contributed by atoms with van der Waals surface area (Å²) in [5.74, 6) is -0.344. The number of anilines is 1. The van der Waals surface area contributed by atoms with Gasteiger partial charge >= 0.3 is 0 Å². The lowest BCUT2D eigenvalue weighted by Crippen LogP contribution is -2.37. The molecule has 1 fully saturated rings. The largest absolute Gasteiger partial charge is 0.325 e. The molecule has 19 heavy (non-hydrogen) atoms. The summed E-state index contributed by atoms with van der Waals surface area (Å²) >= 11 is 6.40. The number of nitrogens with zero attached hydrogens (tertiary/aromatic N) is 1. The third kappa shape index (κ3) is 3.33. The molecule has 1 aliphatic rings. The predicted octanol–water partition coefficient (Wildman–Crippen LogP) is 2.18. The summed E-state index contributed by atoms with van der Waals surface area (Å²) in [6, 6.07) is 7.49. The number of rotatable bonds is 3. The summed E-state index contributed by atoms with van der Waals surface area (Å²) in [6.45, 7) is 3.74. The van der Waals surface area contributed by atoms with Gasteiger partial charge in [-0.15, -0.1) is 0 Å². The van der Waals surface area contributed by atoms with Crippen molar-refractivity contribution in [3.8, 4) is 0 Å². The molecule has 1 N–H and O–H groups in total. The van der Waals surface area contributed by atoms with Crippen molar-refractivity contribution in [1.82, 2.24) is 4.90 Å². The molecule has 1 aliphatic heterocycles. The van der Waals surface area contributed by atoms with Gasteiger partial charge in [0.05, 0.1) is 5.25 Å². The van der Waals surface area contributed by atoms with Crippen LogP contribution in [0.15, 0.2) is 24.3 Å². The fraction of sp³-hybridized carbons (Fsp3) is 0.308. The Morgan fingerprint density at radius 2 is 2.05 bits per heavy atom. The number of thioether (sulfide) groups is 1. The van der Waals surface area contributed by atoms with Crippen LogP contribution in [0.25, 0.3) is 0 Å². The average Bonchev–Trinajstić information content (AvgIpc) is 2.59. The van der Waals surface area contributed by atoms with Gasteiger partial charge in [-0.2, -0.15) is 0 Å². The first-order chi connectivity index (χ1) is 8.97. The highest BCUT2D eigenvalue weighted by atomic mass is 32.2. The zero-order valence-corrected chi connectivity index (χ0v) is 12.3. The van der Waals surface area contributed by atoms with Crippen molar-refractivity contribution >= 4 is 45.8 Å². The number of aryl methyl sites for hydroxylation is 1. The van der Waals surface area contributed by atoms with E-state index >= 15 is 0 Å². The van der Waals surface area contributed by atoms with Crippen molar-refractivity contribution in [1.29, 1.82) is 0 Å². The Morgan fingerprint density at radius 3 is 2.58 bits per heavy atom. The van der Waals surface area contributed by atoms with Crippen LogP contribution < -0.4 is 5.32 Å². The summed E-state index contributed by atoms with van der Waals surface area (Å²) in [6.07, 6.45) is 0. The molecule has 0 spiro atoms. The van der Waals surface area contributed by atoms with Gasteiger partial charge in [-0.1, -0.05) is 41.7 Å². The molecular formula is C13H14N2O2S2. The number of carbonyl (C=O) groups excluding carboxylic acids is 2. The Hall–Kier alpha value is -1.40. The molecule has 4 nitrogen and oxygen atoms in total. The Morgan fingerprint density at radius 1 is 1.42 bits per heavy atom. The summed E-state index contributed by atoms with van der Waals surface area (Å²) in [5.41, 5.74) is 1.84. The molecule has 2 rings (SSSR count). The Balaban J connectivity index is 1.96. The topological polar surface area (TPSA) is 49.4 Å². The SMILES string of the molecule is Cc1ccc(NC(=O)CN2C(=O)C(C)SC2=S)cc1. The van der Waals surface area contributed by atoms with Gasteiger partial charge in [0.1, 0.15) is 10.9 Å². The molecule has 1 aromatic rings. The zero-order chi connectivity index (χ0) is 14.0. The van der Waals surface area contributed by atoms with E-state index < -0.39 is 0 Å². The van der Waals surface area contributed by atoms with Crippen LogP contribution in [0.4, 0.5) is 5.69 Å². The second kappa shape index (κ2) is 5.71. The number of thiocarbonyl (C=S) groups is 1. The molecule has 100 valence electrons. The van der Waals surface area contributed by atoms with E-state index in [2.05, 4.69) is 5.32 Å². The van der Waals surface area contributed by atoms with Crippen LogP contribution >= 0.6 is 24.0 Å². The van der Waals surface area contributed by atoms with Crippen molar-refractivity contribution in [2.45, 2.75) is 19.1 Å². The summed E-state index contributed by atoms with van der Waals surface area (Å²) < 4.78 is 0.469. The smallest absolute Gasteiger partial charge is 0.244 e. The minimum Gasteiger partial charge on any atom is -0.325 e. The number of hydrogen-bond acceptors (Lipinski definition) is 4. The highest BCUT2D eigenvalue weighted by Crippen LogP contribution is 2.26. The highest BCUT2D eigenvalue weighted by Gasteiger charge is 2.34.